The molecule has 4 aromatic rings. The number of primary amides is 1. The van der Waals surface area contributed by atoms with Crippen molar-refractivity contribution >= 4 is 27.5 Å². The van der Waals surface area contributed by atoms with Crippen LogP contribution in [0, 0.1) is 18.6 Å². The first-order chi connectivity index (χ1) is 14.3. The van der Waals surface area contributed by atoms with Gasteiger partial charge in [-0.1, -0.05) is 30.3 Å². The van der Waals surface area contributed by atoms with E-state index in [0.717, 1.165) is 11.3 Å². The van der Waals surface area contributed by atoms with Gasteiger partial charge in [0.15, 0.2) is 0 Å². The Balaban J connectivity index is 1.94. The topological polar surface area (TPSA) is 78.0 Å². The summed E-state index contributed by atoms with van der Waals surface area (Å²) in [5, 5.41) is 0.294. The van der Waals surface area contributed by atoms with Crippen molar-refractivity contribution in [2.45, 2.75) is 19.9 Å². The van der Waals surface area contributed by atoms with E-state index in [1.54, 1.807) is 37.3 Å². The van der Waals surface area contributed by atoms with Crippen LogP contribution in [-0.2, 0) is 13.0 Å². The number of aromatic nitrogens is 2. The van der Waals surface area contributed by atoms with Crippen LogP contribution in [0.2, 0.25) is 0 Å². The third kappa shape index (κ3) is 3.61. The minimum atomic E-state index is -0.637. The molecule has 0 radical (unpaired) electrons. The summed E-state index contributed by atoms with van der Waals surface area (Å²) in [4.78, 5) is 30.3. The number of aryl methyl sites for hydroxylation is 1. The predicted molar refractivity (Wildman–Crippen MR) is 112 cm³/mol. The van der Waals surface area contributed by atoms with Gasteiger partial charge in [0.25, 0.3) is 11.5 Å². The average Bonchev–Trinajstić information content (AvgIpc) is 3.03. The van der Waals surface area contributed by atoms with Gasteiger partial charge >= 0.3 is 0 Å². The molecule has 8 heteroatoms. The molecule has 152 valence electrons. The molecule has 0 aliphatic rings. The predicted octanol–water partition coefficient (Wildman–Crippen LogP) is 3.78. The summed E-state index contributed by atoms with van der Waals surface area (Å²) in [5.41, 5.74) is 6.46. The number of fused-ring (bicyclic) bond motifs is 1. The molecule has 2 aromatic heterocycles. The number of hydrogen-bond donors (Lipinski definition) is 1. The van der Waals surface area contributed by atoms with Gasteiger partial charge in [0.05, 0.1) is 16.8 Å². The molecule has 0 bridgehead atoms. The highest BCUT2D eigenvalue weighted by atomic mass is 32.1. The number of rotatable bonds is 5. The van der Waals surface area contributed by atoms with Gasteiger partial charge in [-0.3, -0.25) is 14.2 Å². The lowest BCUT2D eigenvalue weighted by atomic mass is 10.1. The van der Waals surface area contributed by atoms with Gasteiger partial charge in [0, 0.05) is 6.42 Å². The standard InChI is InChI=1S/C22H17F2N3O2S/c1-12-18-21(30-19(12)20(25)28)26-17(10-14-6-2-3-8-16(14)24)27(22(18)29)11-13-5-4-7-15(23)9-13/h2-9H,10-11H2,1H3,(H2,25,28). The Morgan fingerprint density at radius 3 is 2.63 bits per heavy atom. The van der Waals surface area contributed by atoms with Crippen LogP contribution in [-0.4, -0.2) is 15.5 Å². The van der Waals surface area contributed by atoms with Crippen molar-refractivity contribution in [2.24, 2.45) is 5.73 Å². The number of nitrogens with zero attached hydrogens (tertiary/aromatic N) is 2. The van der Waals surface area contributed by atoms with Crippen LogP contribution in [0.4, 0.5) is 8.78 Å². The first-order valence-electron chi connectivity index (χ1n) is 9.15. The lowest BCUT2D eigenvalue weighted by Crippen LogP contribution is -2.26. The van der Waals surface area contributed by atoms with Gasteiger partial charge in [-0.25, -0.2) is 13.8 Å². The zero-order valence-electron chi connectivity index (χ0n) is 16.0. The van der Waals surface area contributed by atoms with Crippen LogP contribution < -0.4 is 11.3 Å². The van der Waals surface area contributed by atoms with Gasteiger partial charge in [0.1, 0.15) is 22.3 Å². The summed E-state index contributed by atoms with van der Waals surface area (Å²) in [6.45, 7) is 1.70. The molecule has 2 aromatic carbocycles. The lowest BCUT2D eigenvalue weighted by molar-refractivity contribution is 0.100. The fraction of sp³-hybridized carbons (Fsp3) is 0.136. The van der Waals surface area contributed by atoms with Gasteiger partial charge in [0.2, 0.25) is 0 Å². The highest BCUT2D eigenvalue weighted by molar-refractivity contribution is 7.20. The Bertz CT molecular complexity index is 1340. The Labute approximate surface area is 174 Å². The molecule has 2 N–H and O–H groups in total. The Morgan fingerprint density at radius 2 is 1.93 bits per heavy atom. The number of nitrogens with two attached hydrogens (primary N) is 1. The second kappa shape index (κ2) is 7.79. The van der Waals surface area contributed by atoms with E-state index in [9.17, 15) is 18.4 Å². The molecule has 0 aliphatic carbocycles. The van der Waals surface area contributed by atoms with Crippen LogP contribution in [0.25, 0.3) is 10.2 Å². The molecule has 1 amide bonds. The molecular weight excluding hydrogens is 408 g/mol. The van der Waals surface area contributed by atoms with E-state index in [4.69, 9.17) is 5.73 Å². The van der Waals surface area contributed by atoms with Crippen molar-refractivity contribution in [3.63, 3.8) is 0 Å². The van der Waals surface area contributed by atoms with Crippen LogP contribution in [0.3, 0.4) is 0 Å². The van der Waals surface area contributed by atoms with Crippen molar-refractivity contribution in [3.8, 4) is 0 Å². The molecule has 2 heterocycles. The molecule has 30 heavy (non-hydrogen) atoms. The molecule has 0 unspecified atom stereocenters. The van der Waals surface area contributed by atoms with E-state index in [1.807, 2.05) is 0 Å². The summed E-state index contributed by atoms with van der Waals surface area (Å²) in [6, 6.07) is 12.1. The maximum atomic E-state index is 14.3. The van der Waals surface area contributed by atoms with E-state index < -0.39 is 17.5 Å². The first kappa shape index (κ1) is 19.9. The van der Waals surface area contributed by atoms with Gasteiger partial charge in [-0.15, -0.1) is 11.3 Å². The maximum Gasteiger partial charge on any atom is 0.262 e. The normalized spacial score (nSPS) is 11.2. The summed E-state index contributed by atoms with van der Waals surface area (Å²) < 4.78 is 29.3. The summed E-state index contributed by atoms with van der Waals surface area (Å²) in [7, 11) is 0. The van der Waals surface area contributed by atoms with E-state index in [-0.39, 0.29) is 23.4 Å². The van der Waals surface area contributed by atoms with Crippen LogP contribution >= 0.6 is 11.3 Å². The zero-order chi connectivity index (χ0) is 21.4. The summed E-state index contributed by atoms with van der Waals surface area (Å²) >= 11 is 1.04. The molecule has 0 spiro atoms. The Morgan fingerprint density at radius 1 is 1.17 bits per heavy atom. The minimum absolute atomic E-state index is 0.0600. The largest absolute Gasteiger partial charge is 0.365 e. The minimum Gasteiger partial charge on any atom is -0.365 e. The van der Waals surface area contributed by atoms with Crippen molar-refractivity contribution in [3.05, 3.63) is 97.9 Å². The fourth-order valence-electron chi connectivity index (χ4n) is 3.42. The second-order valence-corrected chi connectivity index (χ2v) is 7.92. The SMILES string of the molecule is Cc1c(C(N)=O)sc2nc(Cc3ccccc3F)n(Cc3cccc(F)c3)c(=O)c12. The smallest absolute Gasteiger partial charge is 0.262 e. The molecule has 4 rings (SSSR count). The molecule has 0 saturated heterocycles. The van der Waals surface area contributed by atoms with Gasteiger partial charge in [-0.2, -0.15) is 0 Å². The number of carbonyl (C=O) groups is 1. The van der Waals surface area contributed by atoms with E-state index in [1.165, 1.54) is 22.8 Å². The van der Waals surface area contributed by atoms with Gasteiger partial charge in [-0.05, 0) is 41.8 Å². The molecule has 5 nitrogen and oxygen atoms in total. The third-order valence-electron chi connectivity index (χ3n) is 4.89. The van der Waals surface area contributed by atoms with Crippen LogP contribution in [0.5, 0.6) is 0 Å². The number of carbonyl (C=O) groups excluding carboxylic acids is 1. The quantitative estimate of drug-likeness (QED) is 0.529. The summed E-state index contributed by atoms with van der Waals surface area (Å²) in [5.74, 6) is -1.15. The number of amides is 1. The van der Waals surface area contributed by atoms with Crippen molar-refractivity contribution in [1.29, 1.82) is 0 Å². The molecule has 0 saturated carbocycles. The molecule has 0 aliphatic heterocycles. The Kier molecular flexibility index (Phi) is 5.17. The lowest BCUT2D eigenvalue weighted by Gasteiger charge is -2.13. The third-order valence-corrected chi connectivity index (χ3v) is 6.09. The first-order valence-corrected chi connectivity index (χ1v) is 9.97. The fourth-order valence-corrected chi connectivity index (χ4v) is 4.46. The summed E-state index contributed by atoms with van der Waals surface area (Å²) in [6.07, 6.45) is 0.0655. The van der Waals surface area contributed by atoms with E-state index >= 15 is 0 Å². The molecule has 0 atom stereocenters. The Hall–Kier alpha value is -3.39. The van der Waals surface area contributed by atoms with E-state index in [2.05, 4.69) is 4.98 Å². The maximum absolute atomic E-state index is 14.3. The molecular formula is C22H17F2N3O2S. The average molecular weight is 425 g/mol. The number of benzene rings is 2. The highest BCUT2D eigenvalue weighted by Crippen LogP contribution is 2.27. The number of halogens is 2. The van der Waals surface area contributed by atoms with Crippen molar-refractivity contribution in [1.82, 2.24) is 9.55 Å². The number of hydrogen-bond acceptors (Lipinski definition) is 4. The van der Waals surface area contributed by atoms with Crippen LogP contribution in [0.15, 0.2) is 53.3 Å². The zero-order valence-corrected chi connectivity index (χ0v) is 16.8. The van der Waals surface area contributed by atoms with Crippen molar-refractivity contribution < 1.29 is 13.6 Å². The van der Waals surface area contributed by atoms with Crippen LogP contribution in [0.1, 0.15) is 32.2 Å². The van der Waals surface area contributed by atoms with Crippen molar-refractivity contribution in [2.75, 3.05) is 0 Å². The monoisotopic (exact) mass is 425 g/mol. The number of thiophene rings is 1. The van der Waals surface area contributed by atoms with Gasteiger partial charge < -0.3 is 5.73 Å². The molecule has 0 fully saturated rings. The highest BCUT2D eigenvalue weighted by Gasteiger charge is 2.21. The van der Waals surface area contributed by atoms with E-state index in [0.29, 0.717) is 32.7 Å². The second-order valence-electron chi connectivity index (χ2n) is 6.92.